The Bertz CT molecular complexity index is 595. The Kier molecular flexibility index (Phi) is 3.32. The minimum atomic E-state index is -0.986. The van der Waals surface area contributed by atoms with Gasteiger partial charge in [-0.25, -0.2) is 0 Å². The van der Waals surface area contributed by atoms with Crippen LogP contribution in [0, 0.1) is 23.2 Å². The minimum absolute atomic E-state index is 0.0347. The summed E-state index contributed by atoms with van der Waals surface area (Å²) in [6.07, 6.45) is 4.73. The molecule has 21 heavy (non-hydrogen) atoms. The SMILES string of the molecule is C[C@@]1(C(=O)O)[C@H](C(=O)NCc2ccccc2)[C@H]2C=C[C@H]1C2. The van der Waals surface area contributed by atoms with Gasteiger partial charge < -0.3 is 10.4 Å². The van der Waals surface area contributed by atoms with E-state index >= 15 is 0 Å². The van der Waals surface area contributed by atoms with Crippen LogP contribution in [-0.2, 0) is 16.1 Å². The van der Waals surface area contributed by atoms with Gasteiger partial charge in [-0.15, -0.1) is 0 Å². The number of rotatable bonds is 4. The molecule has 1 amide bonds. The smallest absolute Gasteiger partial charge is 0.310 e. The molecule has 2 aliphatic carbocycles. The molecular formula is C17H19NO3. The third-order valence-electron chi connectivity index (χ3n) is 5.01. The molecule has 4 nitrogen and oxygen atoms in total. The average molecular weight is 285 g/mol. The largest absolute Gasteiger partial charge is 0.481 e. The number of carboxylic acid groups (broad SMARTS) is 1. The van der Waals surface area contributed by atoms with Crippen molar-refractivity contribution in [3.05, 3.63) is 48.0 Å². The molecule has 0 unspecified atom stereocenters. The highest BCUT2D eigenvalue weighted by molar-refractivity contribution is 5.89. The summed E-state index contributed by atoms with van der Waals surface area (Å²) in [4.78, 5) is 24.2. The number of allylic oxidation sites excluding steroid dienone is 2. The second kappa shape index (κ2) is 5.02. The highest BCUT2D eigenvalue weighted by Crippen LogP contribution is 2.56. The van der Waals surface area contributed by atoms with Gasteiger partial charge >= 0.3 is 5.97 Å². The molecule has 0 spiro atoms. The number of hydrogen-bond acceptors (Lipinski definition) is 2. The van der Waals surface area contributed by atoms with E-state index in [9.17, 15) is 14.7 Å². The van der Waals surface area contributed by atoms with E-state index in [4.69, 9.17) is 0 Å². The lowest BCUT2D eigenvalue weighted by atomic mass is 9.69. The molecule has 3 rings (SSSR count). The maximum absolute atomic E-state index is 12.5. The van der Waals surface area contributed by atoms with E-state index in [0.717, 1.165) is 12.0 Å². The van der Waals surface area contributed by atoms with Crippen molar-refractivity contribution in [3.8, 4) is 0 Å². The first kappa shape index (κ1) is 13.9. The number of amides is 1. The lowest BCUT2D eigenvalue weighted by Gasteiger charge is -2.33. The van der Waals surface area contributed by atoms with Crippen molar-refractivity contribution in [3.63, 3.8) is 0 Å². The van der Waals surface area contributed by atoms with Gasteiger partial charge in [-0.05, 0) is 30.7 Å². The van der Waals surface area contributed by atoms with Gasteiger partial charge in [0, 0.05) is 6.54 Å². The normalized spacial score (nSPS) is 33.1. The number of nitrogens with one attached hydrogen (secondary N) is 1. The van der Waals surface area contributed by atoms with E-state index in [1.807, 2.05) is 42.5 Å². The topological polar surface area (TPSA) is 66.4 Å². The molecule has 2 N–H and O–H groups in total. The van der Waals surface area contributed by atoms with Crippen LogP contribution in [-0.4, -0.2) is 17.0 Å². The summed E-state index contributed by atoms with van der Waals surface area (Å²) in [5.41, 5.74) is 0.0294. The molecule has 1 saturated carbocycles. The van der Waals surface area contributed by atoms with E-state index in [-0.39, 0.29) is 17.7 Å². The third kappa shape index (κ3) is 2.15. The first-order valence-corrected chi connectivity index (χ1v) is 7.27. The van der Waals surface area contributed by atoms with E-state index in [1.165, 1.54) is 0 Å². The molecule has 1 aromatic rings. The Morgan fingerprint density at radius 2 is 2.00 bits per heavy atom. The predicted octanol–water partition coefficient (Wildman–Crippen LogP) is 2.22. The van der Waals surface area contributed by atoms with Crippen molar-refractivity contribution in [2.75, 3.05) is 0 Å². The van der Waals surface area contributed by atoms with E-state index in [0.29, 0.717) is 6.54 Å². The van der Waals surface area contributed by atoms with Crippen molar-refractivity contribution >= 4 is 11.9 Å². The van der Waals surface area contributed by atoms with Crippen molar-refractivity contribution in [1.82, 2.24) is 5.32 Å². The molecule has 110 valence electrons. The van der Waals surface area contributed by atoms with Crippen molar-refractivity contribution in [1.29, 1.82) is 0 Å². The first-order valence-electron chi connectivity index (χ1n) is 7.27. The summed E-state index contributed by atoms with van der Waals surface area (Å²) < 4.78 is 0. The molecule has 0 heterocycles. The van der Waals surface area contributed by atoms with Gasteiger partial charge in [0.05, 0.1) is 11.3 Å². The first-order chi connectivity index (χ1) is 10.0. The van der Waals surface area contributed by atoms with Gasteiger partial charge in [0.25, 0.3) is 0 Å². The monoisotopic (exact) mass is 285 g/mol. The van der Waals surface area contributed by atoms with Gasteiger partial charge in [-0.1, -0.05) is 42.5 Å². The zero-order valence-corrected chi connectivity index (χ0v) is 12.0. The van der Waals surface area contributed by atoms with Crippen LogP contribution in [0.2, 0.25) is 0 Å². The number of benzene rings is 1. The summed E-state index contributed by atoms with van der Waals surface area (Å²) in [6.45, 7) is 2.14. The van der Waals surface area contributed by atoms with Crippen molar-refractivity contribution in [2.24, 2.45) is 23.2 Å². The minimum Gasteiger partial charge on any atom is -0.481 e. The molecule has 4 heteroatoms. The fraction of sp³-hybridized carbons (Fsp3) is 0.412. The number of carbonyl (C=O) groups excluding carboxylic acids is 1. The highest BCUT2D eigenvalue weighted by atomic mass is 16.4. The van der Waals surface area contributed by atoms with Crippen molar-refractivity contribution < 1.29 is 14.7 Å². The molecule has 1 aromatic carbocycles. The average Bonchev–Trinajstić information content (AvgIpc) is 3.05. The quantitative estimate of drug-likeness (QED) is 0.834. The van der Waals surface area contributed by atoms with E-state index < -0.39 is 17.3 Å². The number of carboxylic acids is 1. The zero-order valence-electron chi connectivity index (χ0n) is 12.0. The summed E-state index contributed by atoms with van der Waals surface area (Å²) in [6, 6.07) is 9.65. The van der Waals surface area contributed by atoms with Gasteiger partial charge in [0.15, 0.2) is 0 Å². The van der Waals surface area contributed by atoms with Crippen LogP contribution in [0.1, 0.15) is 18.9 Å². The van der Waals surface area contributed by atoms with Crippen molar-refractivity contribution in [2.45, 2.75) is 19.9 Å². The molecule has 2 aliphatic rings. The lowest BCUT2D eigenvalue weighted by molar-refractivity contribution is -0.156. The Hall–Kier alpha value is -2.10. The summed E-state index contributed by atoms with van der Waals surface area (Å²) in [5.74, 6) is -1.49. The fourth-order valence-electron chi connectivity index (χ4n) is 3.75. The predicted molar refractivity (Wildman–Crippen MR) is 78.3 cm³/mol. The number of aliphatic carboxylic acids is 1. The Balaban J connectivity index is 1.75. The molecule has 0 aliphatic heterocycles. The van der Waals surface area contributed by atoms with Crippen LogP contribution < -0.4 is 5.32 Å². The van der Waals surface area contributed by atoms with Gasteiger partial charge in [-0.3, -0.25) is 9.59 Å². The Labute approximate surface area is 123 Å². The molecule has 0 aromatic heterocycles. The molecule has 2 bridgehead atoms. The number of fused-ring (bicyclic) bond motifs is 2. The van der Waals surface area contributed by atoms with Gasteiger partial charge in [0.1, 0.15) is 0 Å². The molecule has 1 fully saturated rings. The van der Waals surface area contributed by atoms with E-state index in [1.54, 1.807) is 6.92 Å². The number of hydrogen-bond donors (Lipinski definition) is 2. The standard InChI is InChI=1S/C17H19NO3/c1-17(16(20)21)13-8-7-12(9-13)14(17)15(19)18-10-11-5-3-2-4-6-11/h2-8,12-14H,9-10H2,1H3,(H,18,19)(H,20,21)/t12-,13-,14-,17-/m0/s1. The molecular weight excluding hydrogens is 266 g/mol. The zero-order chi connectivity index (χ0) is 15.0. The Morgan fingerprint density at radius 1 is 1.29 bits per heavy atom. The maximum Gasteiger partial charge on any atom is 0.310 e. The molecule has 0 saturated heterocycles. The Morgan fingerprint density at radius 3 is 2.67 bits per heavy atom. The summed E-state index contributed by atoms with van der Waals surface area (Å²) in [7, 11) is 0. The number of carbonyl (C=O) groups is 2. The van der Waals surface area contributed by atoms with Crippen LogP contribution in [0.4, 0.5) is 0 Å². The van der Waals surface area contributed by atoms with Crippen LogP contribution in [0.25, 0.3) is 0 Å². The van der Waals surface area contributed by atoms with Crippen LogP contribution in [0.15, 0.2) is 42.5 Å². The molecule has 0 radical (unpaired) electrons. The van der Waals surface area contributed by atoms with Crippen LogP contribution in [0.5, 0.6) is 0 Å². The summed E-state index contributed by atoms with van der Waals surface area (Å²) >= 11 is 0. The highest BCUT2D eigenvalue weighted by Gasteiger charge is 2.60. The van der Waals surface area contributed by atoms with Gasteiger partial charge in [-0.2, -0.15) is 0 Å². The van der Waals surface area contributed by atoms with E-state index in [2.05, 4.69) is 5.32 Å². The van der Waals surface area contributed by atoms with Gasteiger partial charge in [0.2, 0.25) is 5.91 Å². The van der Waals surface area contributed by atoms with Crippen LogP contribution in [0.3, 0.4) is 0 Å². The van der Waals surface area contributed by atoms with Crippen LogP contribution >= 0.6 is 0 Å². The lowest BCUT2D eigenvalue weighted by Crippen LogP contribution is -2.47. The molecule has 4 atom stereocenters. The fourth-order valence-corrected chi connectivity index (χ4v) is 3.75. The summed E-state index contributed by atoms with van der Waals surface area (Å²) in [5, 5.41) is 12.5. The second-order valence-electron chi connectivity index (χ2n) is 6.16. The second-order valence-corrected chi connectivity index (χ2v) is 6.16. The third-order valence-corrected chi connectivity index (χ3v) is 5.01. The maximum atomic E-state index is 12.5.